The maximum Gasteiger partial charge on any atom is 0.353 e. The number of unbranched alkanes of at least 4 members (excludes halogenated alkanes) is 19. The quantitative estimate of drug-likeness (QED) is 0.0960. The molecule has 0 saturated carbocycles. The Morgan fingerprint density at radius 3 is 1.27 bits per heavy atom. The van der Waals surface area contributed by atoms with Gasteiger partial charge in [-0.1, -0.05) is 135 Å². The third kappa shape index (κ3) is 21.7. The van der Waals surface area contributed by atoms with Crippen molar-refractivity contribution in [3.8, 4) is 0 Å². The number of hydrogen-bond acceptors (Lipinski definition) is 3. The highest BCUT2D eigenvalue weighted by Crippen LogP contribution is 2.14. The molecule has 0 rings (SSSR count). The Balaban J connectivity index is 3.11. The van der Waals surface area contributed by atoms with Crippen molar-refractivity contribution in [1.29, 1.82) is 0 Å². The molecule has 0 spiro atoms. The van der Waals surface area contributed by atoms with Crippen molar-refractivity contribution in [3.63, 3.8) is 0 Å². The van der Waals surface area contributed by atoms with Gasteiger partial charge in [0, 0.05) is 6.54 Å². The molecule has 0 aromatic rings. The largest absolute Gasteiger partial charge is 0.461 e. The summed E-state index contributed by atoms with van der Waals surface area (Å²) in [7, 11) is 0. The predicted molar refractivity (Wildman–Crippen MR) is 132 cm³/mol. The second-order valence-electron chi connectivity index (χ2n) is 8.84. The second kappa shape index (κ2) is 24.3. The molecule has 0 saturated heterocycles. The Morgan fingerprint density at radius 2 is 0.933 bits per heavy atom. The summed E-state index contributed by atoms with van der Waals surface area (Å²) in [6.45, 7) is 9.03. The summed E-state index contributed by atoms with van der Waals surface area (Å²) in [5.41, 5.74) is 0.384. The molecule has 178 valence electrons. The third-order valence-corrected chi connectivity index (χ3v) is 5.89. The molecule has 0 atom stereocenters. The van der Waals surface area contributed by atoms with Gasteiger partial charge >= 0.3 is 5.97 Å². The fourth-order valence-corrected chi connectivity index (χ4v) is 3.91. The van der Waals surface area contributed by atoms with E-state index in [0.29, 0.717) is 12.3 Å². The predicted octanol–water partition coefficient (Wildman–Crippen LogP) is 8.47. The van der Waals surface area contributed by atoms with E-state index >= 15 is 0 Å². The number of rotatable bonds is 24. The van der Waals surface area contributed by atoms with E-state index in [9.17, 15) is 4.79 Å². The molecule has 3 nitrogen and oxygen atoms in total. The molecule has 0 amide bonds. The minimum absolute atomic E-state index is 0.328. The van der Waals surface area contributed by atoms with Crippen LogP contribution in [0.4, 0.5) is 0 Å². The van der Waals surface area contributed by atoms with Crippen LogP contribution in [0.25, 0.3) is 0 Å². The molecule has 0 aromatic carbocycles. The summed E-state index contributed by atoms with van der Waals surface area (Å²) in [5, 5.41) is 3.06. The van der Waals surface area contributed by atoms with Gasteiger partial charge in [0.1, 0.15) is 5.70 Å². The summed E-state index contributed by atoms with van der Waals surface area (Å²) in [6.07, 6.45) is 27.9. The van der Waals surface area contributed by atoms with Gasteiger partial charge in [0.2, 0.25) is 0 Å². The van der Waals surface area contributed by atoms with Gasteiger partial charge in [-0.3, -0.25) is 0 Å². The summed E-state index contributed by atoms with van der Waals surface area (Å²) < 4.78 is 4.90. The highest BCUT2D eigenvalue weighted by Gasteiger charge is 2.05. The molecule has 1 N–H and O–H groups in total. The van der Waals surface area contributed by atoms with Crippen LogP contribution in [0.5, 0.6) is 0 Å². The SMILES string of the molecule is C=C(NCCCCCCCCCCCCCCCCCCCCCC)C(=O)OCC. The van der Waals surface area contributed by atoms with Crippen molar-refractivity contribution < 1.29 is 9.53 Å². The molecular formula is C27H53NO2. The number of carbonyl (C=O) groups excluding carboxylic acids is 1. The lowest BCUT2D eigenvalue weighted by atomic mass is 10.0. The van der Waals surface area contributed by atoms with Crippen LogP contribution in [0.1, 0.15) is 142 Å². The molecule has 0 heterocycles. The first kappa shape index (κ1) is 29.0. The number of nitrogens with one attached hydrogen (secondary N) is 1. The van der Waals surface area contributed by atoms with Crippen molar-refractivity contribution in [2.75, 3.05) is 13.2 Å². The first-order valence-electron chi connectivity index (χ1n) is 13.3. The van der Waals surface area contributed by atoms with Crippen LogP contribution >= 0.6 is 0 Å². The van der Waals surface area contributed by atoms with Crippen molar-refractivity contribution in [3.05, 3.63) is 12.3 Å². The molecule has 0 fully saturated rings. The summed E-state index contributed by atoms with van der Waals surface area (Å²) in [6, 6.07) is 0. The van der Waals surface area contributed by atoms with E-state index in [2.05, 4.69) is 18.8 Å². The number of hydrogen-bond donors (Lipinski definition) is 1. The normalized spacial score (nSPS) is 10.9. The van der Waals surface area contributed by atoms with Crippen LogP contribution in [0.3, 0.4) is 0 Å². The van der Waals surface area contributed by atoms with Crippen molar-refractivity contribution in [1.82, 2.24) is 5.32 Å². The number of ether oxygens (including phenoxy) is 1. The first-order chi connectivity index (χ1) is 14.7. The standard InChI is InChI=1S/C27H53NO2/c1-4-6-7-8-9-10-11-12-13-14-15-16-17-18-19-20-21-22-23-24-25-28-26(3)27(29)30-5-2/h28H,3-25H2,1-2H3. The maximum atomic E-state index is 11.4. The lowest BCUT2D eigenvalue weighted by Crippen LogP contribution is -2.22. The highest BCUT2D eigenvalue weighted by atomic mass is 16.5. The minimum atomic E-state index is -0.328. The van der Waals surface area contributed by atoms with E-state index in [-0.39, 0.29) is 5.97 Å². The zero-order valence-electron chi connectivity index (χ0n) is 20.6. The Morgan fingerprint density at radius 1 is 0.600 bits per heavy atom. The van der Waals surface area contributed by atoms with Gasteiger partial charge in [0.25, 0.3) is 0 Å². The van der Waals surface area contributed by atoms with Crippen LogP contribution < -0.4 is 5.32 Å². The zero-order valence-corrected chi connectivity index (χ0v) is 20.6. The maximum absolute atomic E-state index is 11.4. The Kier molecular flexibility index (Phi) is 23.5. The highest BCUT2D eigenvalue weighted by molar-refractivity contribution is 5.86. The molecule has 3 heteroatoms. The fourth-order valence-electron chi connectivity index (χ4n) is 3.91. The molecule has 0 unspecified atom stereocenters. The molecule has 30 heavy (non-hydrogen) atoms. The van der Waals surface area contributed by atoms with Gasteiger partial charge < -0.3 is 10.1 Å². The summed E-state index contributed by atoms with van der Waals surface area (Å²) in [5.74, 6) is -0.328. The fraction of sp³-hybridized carbons (Fsp3) is 0.889. The van der Waals surface area contributed by atoms with Gasteiger partial charge in [-0.15, -0.1) is 0 Å². The molecule has 0 aliphatic heterocycles. The van der Waals surface area contributed by atoms with Crippen LogP contribution in [-0.2, 0) is 9.53 Å². The molecule has 0 aromatic heterocycles. The zero-order chi connectivity index (χ0) is 22.1. The van der Waals surface area contributed by atoms with Crippen molar-refractivity contribution >= 4 is 5.97 Å². The van der Waals surface area contributed by atoms with Crippen LogP contribution in [0.15, 0.2) is 12.3 Å². The van der Waals surface area contributed by atoms with Crippen LogP contribution in [0.2, 0.25) is 0 Å². The average molecular weight is 424 g/mol. The van der Waals surface area contributed by atoms with E-state index in [1.807, 2.05) is 6.92 Å². The summed E-state index contributed by atoms with van der Waals surface area (Å²) in [4.78, 5) is 11.4. The third-order valence-electron chi connectivity index (χ3n) is 5.89. The van der Waals surface area contributed by atoms with E-state index in [0.717, 1.165) is 13.0 Å². The first-order valence-corrected chi connectivity index (χ1v) is 13.3. The van der Waals surface area contributed by atoms with E-state index in [1.165, 1.54) is 122 Å². The molecule has 0 aliphatic carbocycles. The smallest absolute Gasteiger partial charge is 0.353 e. The Labute approximate surface area is 188 Å². The molecular weight excluding hydrogens is 370 g/mol. The number of carbonyl (C=O) groups is 1. The lowest BCUT2D eigenvalue weighted by molar-refractivity contribution is -0.138. The molecule has 0 radical (unpaired) electrons. The molecule has 0 aliphatic rings. The van der Waals surface area contributed by atoms with Gasteiger partial charge in [-0.2, -0.15) is 0 Å². The van der Waals surface area contributed by atoms with Gasteiger partial charge in [-0.05, 0) is 13.3 Å². The van der Waals surface area contributed by atoms with Gasteiger partial charge in [0.05, 0.1) is 6.61 Å². The van der Waals surface area contributed by atoms with E-state index in [4.69, 9.17) is 4.74 Å². The van der Waals surface area contributed by atoms with Gasteiger partial charge in [0.15, 0.2) is 0 Å². The minimum Gasteiger partial charge on any atom is -0.461 e. The molecule has 0 bridgehead atoms. The Hall–Kier alpha value is -0.990. The average Bonchev–Trinajstić information content (AvgIpc) is 2.74. The topological polar surface area (TPSA) is 38.3 Å². The number of esters is 1. The monoisotopic (exact) mass is 423 g/mol. The van der Waals surface area contributed by atoms with Crippen LogP contribution in [0, 0.1) is 0 Å². The van der Waals surface area contributed by atoms with E-state index in [1.54, 1.807) is 0 Å². The second-order valence-corrected chi connectivity index (χ2v) is 8.84. The lowest BCUT2D eigenvalue weighted by Gasteiger charge is -2.08. The van der Waals surface area contributed by atoms with Crippen LogP contribution in [-0.4, -0.2) is 19.1 Å². The van der Waals surface area contributed by atoms with E-state index < -0.39 is 0 Å². The van der Waals surface area contributed by atoms with Gasteiger partial charge in [-0.25, -0.2) is 4.79 Å². The Bertz CT molecular complexity index is 381. The van der Waals surface area contributed by atoms with Crippen molar-refractivity contribution in [2.45, 2.75) is 142 Å². The summed E-state index contributed by atoms with van der Waals surface area (Å²) >= 11 is 0. The van der Waals surface area contributed by atoms with Crippen molar-refractivity contribution in [2.24, 2.45) is 0 Å².